The Hall–Kier alpha value is -1.59. The number of nitrogens with one attached hydrogen (secondary N) is 1. The normalized spacial score (nSPS) is 11.0. The Morgan fingerprint density at radius 3 is 2.69 bits per heavy atom. The second kappa shape index (κ2) is 3.42. The second-order valence-electron chi connectivity index (χ2n) is 2.10. The van der Waals surface area contributed by atoms with Gasteiger partial charge < -0.3 is 5.32 Å². The maximum absolute atomic E-state index is 11.7. The van der Waals surface area contributed by atoms with Crippen LogP contribution in [0.5, 0.6) is 0 Å². The molecule has 0 aliphatic heterocycles. The molecule has 0 aliphatic carbocycles. The van der Waals surface area contributed by atoms with Crippen molar-refractivity contribution >= 4 is 11.7 Å². The SMILES string of the molecule is O=C(Nc1cc[c]cn1)C(F)(F)F. The number of nitrogens with zero attached hydrogens (tertiary/aromatic N) is 1. The first kappa shape index (κ1) is 9.50. The predicted molar refractivity (Wildman–Crippen MR) is 37.8 cm³/mol. The third kappa shape index (κ3) is 2.73. The lowest BCUT2D eigenvalue weighted by Crippen LogP contribution is -2.30. The lowest BCUT2D eigenvalue weighted by atomic mass is 10.4. The Bertz CT molecular complexity index is 296. The Kier molecular flexibility index (Phi) is 2.50. The lowest BCUT2D eigenvalue weighted by molar-refractivity contribution is -0.167. The molecule has 0 saturated heterocycles. The van der Waals surface area contributed by atoms with Crippen molar-refractivity contribution in [3.63, 3.8) is 0 Å². The molecule has 0 unspecified atom stereocenters. The summed E-state index contributed by atoms with van der Waals surface area (Å²) >= 11 is 0. The highest BCUT2D eigenvalue weighted by molar-refractivity contribution is 5.93. The number of anilines is 1. The largest absolute Gasteiger partial charge is 0.471 e. The van der Waals surface area contributed by atoms with Crippen LogP contribution in [-0.2, 0) is 4.79 Å². The van der Waals surface area contributed by atoms with Crippen molar-refractivity contribution in [1.29, 1.82) is 0 Å². The van der Waals surface area contributed by atoms with Gasteiger partial charge in [-0.1, -0.05) is 0 Å². The van der Waals surface area contributed by atoms with Gasteiger partial charge >= 0.3 is 12.1 Å². The first-order valence-corrected chi connectivity index (χ1v) is 3.20. The van der Waals surface area contributed by atoms with Crippen LogP contribution in [-0.4, -0.2) is 17.1 Å². The maximum Gasteiger partial charge on any atom is 0.471 e. The molecule has 1 aromatic heterocycles. The van der Waals surface area contributed by atoms with E-state index in [0.29, 0.717) is 0 Å². The lowest BCUT2D eigenvalue weighted by Gasteiger charge is -2.05. The summed E-state index contributed by atoms with van der Waals surface area (Å²) in [7, 11) is 0. The van der Waals surface area contributed by atoms with Crippen molar-refractivity contribution in [3.05, 3.63) is 24.4 Å². The monoisotopic (exact) mass is 189 g/mol. The van der Waals surface area contributed by atoms with Gasteiger partial charge in [0.25, 0.3) is 0 Å². The zero-order valence-electron chi connectivity index (χ0n) is 6.22. The van der Waals surface area contributed by atoms with Crippen LogP contribution < -0.4 is 5.32 Å². The second-order valence-corrected chi connectivity index (χ2v) is 2.10. The van der Waals surface area contributed by atoms with Crippen LogP contribution in [0.25, 0.3) is 0 Å². The van der Waals surface area contributed by atoms with Crippen LogP contribution in [0.3, 0.4) is 0 Å². The summed E-state index contributed by atoms with van der Waals surface area (Å²) in [6.45, 7) is 0. The zero-order chi connectivity index (χ0) is 9.90. The van der Waals surface area contributed by atoms with Crippen molar-refractivity contribution in [2.75, 3.05) is 5.32 Å². The highest BCUT2D eigenvalue weighted by atomic mass is 19.4. The molecule has 1 heterocycles. The summed E-state index contributed by atoms with van der Waals surface area (Å²) in [6.07, 6.45) is -3.73. The summed E-state index contributed by atoms with van der Waals surface area (Å²) < 4.78 is 35.1. The molecule has 1 aromatic rings. The molecule has 0 aromatic carbocycles. The van der Waals surface area contributed by atoms with Gasteiger partial charge in [-0.2, -0.15) is 13.2 Å². The van der Waals surface area contributed by atoms with E-state index in [0.717, 1.165) is 6.20 Å². The van der Waals surface area contributed by atoms with Gasteiger partial charge in [-0.25, -0.2) is 4.98 Å². The van der Waals surface area contributed by atoms with Crippen LogP contribution in [0.1, 0.15) is 0 Å². The van der Waals surface area contributed by atoms with Crippen molar-refractivity contribution < 1.29 is 18.0 Å². The summed E-state index contributed by atoms with van der Waals surface area (Å²) in [4.78, 5) is 13.8. The minimum absolute atomic E-state index is 0.152. The fourth-order valence-corrected chi connectivity index (χ4v) is 0.581. The van der Waals surface area contributed by atoms with E-state index in [9.17, 15) is 18.0 Å². The molecule has 1 amide bonds. The molecule has 0 aliphatic rings. The number of carbonyl (C=O) groups is 1. The standard InChI is InChI=1S/C7H4F3N2O/c8-7(9,10)6(13)12-5-3-1-2-4-11-5/h1,3-4H,(H,11,12,13). The number of pyridine rings is 1. The number of rotatable bonds is 1. The van der Waals surface area contributed by atoms with Crippen LogP contribution in [0.4, 0.5) is 19.0 Å². The Balaban J connectivity index is 2.66. The minimum Gasteiger partial charge on any atom is -0.303 e. The molecule has 3 nitrogen and oxygen atoms in total. The number of alkyl halides is 3. The van der Waals surface area contributed by atoms with Crippen LogP contribution in [0, 0.1) is 6.07 Å². The van der Waals surface area contributed by atoms with E-state index in [1.807, 2.05) is 0 Å². The van der Waals surface area contributed by atoms with Crippen molar-refractivity contribution in [2.24, 2.45) is 0 Å². The van der Waals surface area contributed by atoms with Gasteiger partial charge in [0.1, 0.15) is 5.82 Å². The Morgan fingerprint density at radius 2 is 2.23 bits per heavy atom. The van der Waals surface area contributed by atoms with E-state index >= 15 is 0 Å². The van der Waals surface area contributed by atoms with Gasteiger partial charge in [0.2, 0.25) is 0 Å². The van der Waals surface area contributed by atoms with Crippen molar-refractivity contribution in [3.8, 4) is 0 Å². The molecule has 6 heteroatoms. The number of amides is 1. The quantitative estimate of drug-likeness (QED) is 0.725. The van der Waals surface area contributed by atoms with Crippen molar-refractivity contribution in [1.82, 2.24) is 4.98 Å². The molecular formula is C7H4F3N2O. The molecule has 13 heavy (non-hydrogen) atoms. The highest BCUT2D eigenvalue weighted by Crippen LogP contribution is 2.16. The van der Waals surface area contributed by atoms with Crippen LogP contribution in [0.15, 0.2) is 18.3 Å². The summed E-state index contributed by atoms with van der Waals surface area (Å²) in [5, 5.41) is 1.59. The van der Waals surface area contributed by atoms with Crippen molar-refractivity contribution in [2.45, 2.75) is 6.18 Å². The molecule has 0 saturated carbocycles. The van der Waals surface area contributed by atoms with E-state index < -0.39 is 12.1 Å². The maximum atomic E-state index is 11.7. The number of halogens is 3. The average molecular weight is 189 g/mol. The zero-order valence-corrected chi connectivity index (χ0v) is 6.22. The van der Waals surface area contributed by atoms with Crippen LogP contribution in [0.2, 0.25) is 0 Å². The molecule has 0 fully saturated rings. The van der Waals surface area contributed by atoms with E-state index in [2.05, 4.69) is 11.1 Å². The first-order chi connectivity index (χ1) is 6.00. The fraction of sp³-hybridized carbons (Fsp3) is 0.143. The average Bonchev–Trinajstić information content (AvgIpc) is 2.04. The predicted octanol–water partition coefficient (Wildman–Crippen LogP) is 1.38. The summed E-state index contributed by atoms with van der Waals surface area (Å²) in [5.41, 5.74) is 0. The molecule has 0 atom stereocenters. The third-order valence-corrected chi connectivity index (χ3v) is 1.11. The minimum atomic E-state index is -4.89. The molecule has 1 rings (SSSR count). The topological polar surface area (TPSA) is 42.0 Å². The number of aromatic nitrogens is 1. The van der Waals surface area contributed by atoms with Gasteiger partial charge in [0, 0.05) is 12.3 Å². The van der Waals surface area contributed by atoms with Gasteiger partial charge in [0.15, 0.2) is 0 Å². The highest BCUT2D eigenvalue weighted by Gasteiger charge is 2.38. The van der Waals surface area contributed by atoms with Gasteiger partial charge in [-0.15, -0.1) is 0 Å². The third-order valence-electron chi connectivity index (χ3n) is 1.11. The first-order valence-electron chi connectivity index (χ1n) is 3.20. The van der Waals surface area contributed by atoms with Gasteiger partial charge in [-0.05, 0) is 12.1 Å². The number of hydrogen-bond acceptors (Lipinski definition) is 2. The summed E-state index contributed by atoms with van der Waals surface area (Å²) in [5.74, 6) is -2.19. The summed E-state index contributed by atoms with van der Waals surface area (Å²) in [6, 6.07) is 5.06. The molecule has 69 valence electrons. The molecule has 0 spiro atoms. The molecule has 0 bridgehead atoms. The molecule has 1 radical (unpaired) electrons. The fourth-order valence-electron chi connectivity index (χ4n) is 0.581. The Morgan fingerprint density at radius 1 is 1.54 bits per heavy atom. The number of carbonyl (C=O) groups excluding carboxylic acids is 1. The molecule has 1 N–H and O–H groups in total. The smallest absolute Gasteiger partial charge is 0.303 e. The van der Waals surface area contributed by atoms with E-state index in [1.165, 1.54) is 12.1 Å². The molecular weight excluding hydrogens is 185 g/mol. The van der Waals surface area contributed by atoms with E-state index in [-0.39, 0.29) is 5.82 Å². The van der Waals surface area contributed by atoms with Gasteiger partial charge in [-0.3, -0.25) is 4.79 Å². The Labute approximate surface area is 71.6 Å². The van der Waals surface area contributed by atoms with E-state index in [4.69, 9.17) is 0 Å². The number of hydrogen-bond donors (Lipinski definition) is 1. The van der Waals surface area contributed by atoms with Gasteiger partial charge in [0.05, 0.1) is 0 Å². The van der Waals surface area contributed by atoms with Crippen LogP contribution >= 0.6 is 0 Å². The van der Waals surface area contributed by atoms with E-state index in [1.54, 1.807) is 5.32 Å².